The van der Waals surface area contributed by atoms with Crippen LogP contribution in [-0.4, -0.2) is 26.2 Å². The van der Waals surface area contributed by atoms with Crippen molar-refractivity contribution in [2.75, 3.05) is 5.75 Å². The molecule has 108 valence electrons. The maximum absolute atomic E-state index is 12.2. The van der Waals surface area contributed by atoms with Crippen LogP contribution in [0.3, 0.4) is 0 Å². The molecule has 3 heterocycles. The van der Waals surface area contributed by atoms with Crippen molar-refractivity contribution in [2.24, 2.45) is 0 Å². The van der Waals surface area contributed by atoms with Gasteiger partial charge in [0.2, 0.25) is 0 Å². The monoisotopic (exact) mass is 302 g/mol. The SMILES string of the molecule is Cc1ccc(CNC(=O)c2cnc3n(c2=O)CCS3)cn1. The van der Waals surface area contributed by atoms with Crippen LogP contribution in [0.2, 0.25) is 0 Å². The number of nitrogens with zero attached hydrogens (tertiary/aromatic N) is 3. The minimum absolute atomic E-state index is 0.0846. The Morgan fingerprint density at radius 1 is 1.38 bits per heavy atom. The first-order valence-electron chi connectivity index (χ1n) is 6.57. The fourth-order valence-electron chi connectivity index (χ4n) is 2.05. The molecule has 6 nitrogen and oxygen atoms in total. The lowest BCUT2D eigenvalue weighted by Gasteiger charge is -2.07. The molecule has 0 saturated carbocycles. The molecule has 2 aromatic heterocycles. The van der Waals surface area contributed by atoms with E-state index in [0.29, 0.717) is 18.2 Å². The molecular weight excluding hydrogens is 288 g/mol. The Bertz CT molecular complexity index is 740. The number of carbonyl (C=O) groups excluding carboxylic acids is 1. The highest BCUT2D eigenvalue weighted by Crippen LogP contribution is 2.20. The molecule has 0 atom stereocenters. The predicted molar refractivity (Wildman–Crippen MR) is 79.4 cm³/mol. The van der Waals surface area contributed by atoms with Gasteiger partial charge in [0.15, 0.2) is 5.16 Å². The third-order valence-electron chi connectivity index (χ3n) is 3.23. The van der Waals surface area contributed by atoms with Crippen LogP contribution in [0.1, 0.15) is 21.6 Å². The van der Waals surface area contributed by atoms with Crippen LogP contribution >= 0.6 is 11.8 Å². The zero-order valence-electron chi connectivity index (χ0n) is 11.5. The summed E-state index contributed by atoms with van der Waals surface area (Å²) in [5, 5.41) is 3.41. The average molecular weight is 302 g/mol. The Morgan fingerprint density at radius 2 is 2.24 bits per heavy atom. The maximum Gasteiger partial charge on any atom is 0.267 e. The third kappa shape index (κ3) is 2.82. The van der Waals surface area contributed by atoms with Crippen LogP contribution in [-0.2, 0) is 13.1 Å². The number of nitrogens with one attached hydrogen (secondary N) is 1. The molecule has 21 heavy (non-hydrogen) atoms. The van der Waals surface area contributed by atoms with E-state index in [1.807, 2.05) is 19.1 Å². The van der Waals surface area contributed by atoms with Gasteiger partial charge in [-0.25, -0.2) is 4.98 Å². The fourth-order valence-corrected chi connectivity index (χ4v) is 2.97. The summed E-state index contributed by atoms with van der Waals surface area (Å²) in [5.74, 6) is 0.419. The van der Waals surface area contributed by atoms with E-state index in [1.54, 1.807) is 10.8 Å². The van der Waals surface area contributed by atoms with E-state index < -0.39 is 5.91 Å². The van der Waals surface area contributed by atoms with Gasteiger partial charge in [-0.3, -0.25) is 19.1 Å². The van der Waals surface area contributed by atoms with Gasteiger partial charge in [0, 0.05) is 36.9 Å². The van der Waals surface area contributed by atoms with Crippen molar-refractivity contribution in [3.63, 3.8) is 0 Å². The van der Waals surface area contributed by atoms with E-state index in [2.05, 4.69) is 15.3 Å². The molecule has 0 radical (unpaired) electrons. The first-order chi connectivity index (χ1) is 10.1. The number of carbonyl (C=O) groups is 1. The summed E-state index contributed by atoms with van der Waals surface area (Å²) in [4.78, 5) is 32.6. The fraction of sp³-hybridized carbons (Fsp3) is 0.286. The molecule has 7 heteroatoms. The quantitative estimate of drug-likeness (QED) is 0.855. The highest BCUT2D eigenvalue weighted by atomic mass is 32.2. The second-order valence-corrected chi connectivity index (χ2v) is 5.81. The first kappa shape index (κ1) is 13.8. The summed E-state index contributed by atoms with van der Waals surface area (Å²) in [6.07, 6.45) is 3.06. The lowest BCUT2D eigenvalue weighted by Crippen LogP contribution is -2.33. The van der Waals surface area contributed by atoms with Crippen molar-refractivity contribution in [1.82, 2.24) is 19.9 Å². The van der Waals surface area contributed by atoms with Gasteiger partial charge in [0.25, 0.3) is 11.5 Å². The van der Waals surface area contributed by atoms with Crippen molar-refractivity contribution >= 4 is 17.7 Å². The molecule has 1 N–H and O–H groups in total. The van der Waals surface area contributed by atoms with Crippen molar-refractivity contribution < 1.29 is 4.79 Å². The Balaban J connectivity index is 1.74. The zero-order valence-corrected chi connectivity index (χ0v) is 12.3. The van der Waals surface area contributed by atoms with Gasteiger partial charge in [-0.1, -0.05) is 17.8 Å². The van der Waals surface area contributed by atoms with Crippen molar-refractivity contribution in [3.05, 3.63) is 51.7 Å². The summed E-state index contributed by atoms with van der Waals surface area (Å²) in [5.41, 5.74) is 1.62. The Labute approximate surface area is 125 Å². The van der Waals surface area contributed by atoms with Crippen molar-refractivity contribution in [2.45, 2.75) is 25.2 Å². The minimum Gasteiger partial charge on any atom is -0.348 e. The number of rotatable bonds is 3. The van der Waals surface area contributed by atoms with Crippen LogP contribution in [0.5, 0.6) is 0 Å². The highest BCUT2D eigenvalue weighted by Gasteiger charge is 2.19. The number of aromatic nitrogens is 3. The average Bonchev–Trinajstić information content (AvgIpc) is 2.96. The van der Waals surface area contributed by atoms with Crippen molar-refractivity contribution in [1.29, 1.82) is 0 Å². The van der Waals surface area contributed by atoms with Crippen LogP contribution in [0.4, 0.5) is 0 Å². The number of amides is 1. The third-order valence-corrected chi connectivity index (χ3v) is 4.20. The van der Waals surface area contributed by atoms with Gasteiger partial charge in [-0.05, 0) is 18.6 Å². The lowest BCUT2D eigenvalue weighted by molar-refractivity contribution is 0.0948. The molecule has 1 aliphatic rings. The molecular formula is C14H14N4O2S. The van der Waals surface area contributed by atoms with E-state index in [1.165, 1.54) is 18.0 Å². The summed E-state index contributed by atoms with van der Waals surface area (Å²) in [7, 11) is 0. The normalized spacial score (nSPS) is 13.0. The second kappa shape index (κ2) is 5.69. The summed E-state index contributed by atoms with van der Waals surface area (Å²) < 4.78 is 1.55. The molecule has 0 unspecified atom stereocenters. The van der Waals surface area contributed by atoms with Crippen LogP contribution < -0.4 is 10.9 Å². The van der Waals surface area contributed by atoms with Gasteiger partial charge in [0.05, 0.1) is 0 Å². The van der Waals surface area contributed by atoms with E-state index >= 15 is 0 Å². The van der Waals surface area contributed by atoms with Crippen molar-refractivity contribution in [3.8, 4) is 0 Å². The Hall–Kier alpha value is -2.15. The summed E-state index contributed by atoms with van der Waals surface area (Å²) in [6, 6.07) is 3.78. The molecule has 1 aliphatic heterocycles. The molecule has 1 amide bonds. The largest absolute Gasteiger partial charge is 0.348 e. The van der Waals surface area contributed by atoms with Gasteiger partial charge < -0.3 is 5.32 Å². The number of thioether (sulfide) groups is 1. The summed E-state index contributed by atoms with van der Waals surface area (Å²) in [6.45, 7) is 2.84. The van der Waals surface area contributed by atoms with Gasteiger partial charge in [0.1, 0.15) is 5.56 Å². The van der Waals surface area contributed by atoms with E-state index in [-0.39, 0.29) is 11.1 Å². The molecule has 0 bridgehead atoms. The topological polar surface area (TPSA) is 76.9 Å². The number of aryl methyl sites for hydroxylation is 1. The smallest absolute Gasteiger partial charge is 0.267 e. The van der Waals surface area contributed by atoms with Gasteiger partial charge in [-0.2, -0.15) is 0 Å². The Morgan fingerprint density at radius 3 is 3.00 bits per heavy atom. The maximum atomic E-state index is 12.2. The zero-order chi connectivity index (χ0) is 14.8. The molecule has 0 fully saturated rings. The standard InChI is InChI=1S/C14H14N4O2S/c1-9-2-3-10(6-15-9)7-16-12(19)11-8-17-14-18(13(11)20)4-5-21-14/h2-3,6,8H,4-5,7H2,1H3,(H,16,19). The minimum atomic E-state index is -0.403. The van der Waals surface area contributed by atoms with Gasteiger partial charge >= 0.3 is 0 Å². The number of hydrogen-bond donors (Lipinski definition) is 1. The summed E-state index contributed by atoms with van der Waals surface area (Å²) >= 11 is 1.53. The Kier molecular flexibility index (Phi) is 3.74. The number of hydrogen-bond acceptors (Lipinski definition) is 5. The second-order valence-electron chi connectivity index (χ2n) is 4.75. The molecule has 0 aromatic carbocycles. The lowest BCUT2D eigenvalue weighted by atomic mass is 10.2. The van der Waals surface area contributed by atoms with Crippen LogP contribution in [0, 0.1) is 6.92 Å². The molecule has 3 rings (SSSR count). The van der Waals surface area contributed by atoms with Gasteiger partial charge in [-0.15, -0.1) is 0 Å². The number of pyridine rings is 1. The molecule has 0 spiro atoms. The molecule has 0 saturated heterocycles. The van der Waals surface area contributed by atoms with Crippen LogP contribution in [0.15, 0.2) is 34.5 Å². The number of fused-ring (bicyclic) bond motifs is 1. The molecule has 0 aliphatic carbocycles. The predicted octanol–water partition coefficient (Wildman–Crippen LogP) is 0.982. The van der Waals surface area contributed by atoms with E-state index in [4.69, 9.17) is 0 Å². The van der Waals surface area contributed by atoms with E-state index in [0.717, 1.165) is 17.0 Å². The van der Waals surface area contributed by atoms with E-state index in [9.17, 15) is 9.59 Å². The molecule has 2 aromatic rings. The highest BCUT2D eigenvalue weighted by molar-refractivity contribution is 7.99. The van der Waals surface area contributed by atoms with Crippen LogP contribution in [0.25, 0.3) is 0 Å². The first-order valence-corrected chi connectivity index (χ1v) is 7.56.